The van der Waals surface area contributed by atoms with E-state index in [1.165, 1.54) is 28.2 Å². The van der Waals surface area contributed by atoms with Gasteiger partial charge in [-0.1, -0.05) is 113 Å². The molecule has 0 unspecified atom stereocenters. The Morgan fingerprint density at radius 2 is 1.01 bits per heavy atom. The van der Waals surface area contributed by atoms with Crippen molar-refractivity contribution in [2.45, 2.75) is 200 Å². The first-order valence-electron chi connectivity index (χ1n) is 29.6. The van der Waals surface area contributed by atoms with E-state index in [1.807, 2.05) is 60.7 Å². The van der Waals surface area contributed by atoms with Crippen LogP contribution in [0.25, 0.3) is 0 Å². The van der Waals surface area contributed by atoms with Crippen molar-refractivity contribution in [3.05, 3.63) is 106 Å². The third-order valence-corrected chi connectivity index (χ3v) is 17.0. The fourth-order valence-corrected chi connectivity index (χ4v) is 13.0. The molecule has 0 bridgehead atoms. The normalized spacial score (nSPS) is 23.5. The number of carboxylic acids is 1. The number of carboxylic acid groups (broad SMARTS) is 1. The van der Waals surface area contributed by atoms with Crippen LogP contribution >= 0.6 is 0 Å². The summed E-state index contributed by atoms with van der Waals surface area (Å²) < 4.78 is 27.8. The molecule has 4 heterocycles. The number of benzene rings is 2. The lowest BCUT2D eigenvalue weighted by atomic mass is 9.67. The fraction of sp³-hybridized carbons (Fsp3) is 0.625. The number of esters is 1. The van der Waals surface area contributed by atoms with Crippen LogP contribution in [0.4, 0.5) is 9.59 Å². The summed E-state index contributed by atoms with van der Waals surface area (Å²) in [6.07, 6.45) is 11.8. The minimum absolute atomic E-state index is 0.0943. The zero-order valence-corrected chi connectivity index (χ0v) is 48.1. The molecule has 16 nitrogen and oxygen atoms in total. The largest absolute Gasteiger partial charge is 0.481 e. The van der Waals surface area contributed by atoms with Gasteiger partial charge >= 0.3 is 24.1 Å². The van der Waals surface area contributed by atoms with E-state index in [0.717, 1.165) is 91.0 Å². The van der Waals surface area contributed by atoms with E-state index in [9.17, 15) is 33.9 Å². The predicted molar refractivity (Wildman–Crippen MR) is 297 cm³/mol. The number of aliphatic carboxylic acids is 1. The van der Waals surface area contributed by atoms with Crippen molar-refractivity contribution in [3.8, 4) is 0 Å². The molecule has 10 rings (SSSR count). The molecule has 2 aromatic heterocycles. The number of nitrogens with zero attached hydrogens (tertiary/aromatic N) is 4. The summed E-state index contributed by atoms with van der Waals surface area (Å²) in [4.78, 5) is 79.6. The van der Waals surface area contributed by atoms with Crippen LogP contribution in [0.3, 0.4) is 0 Å². The van der Waals surface area contributed by atoms with Gasteiger partial charge < -0.3 is 28.4 Å². The highest BCUT2D eigenvalue weighted by molar-refractivity contribution is 5.96. The number of rotatable bonds is 23. The van der Waals surface area contributed by atoms with Gasteiger partial charge in [0.25, 0.3) is 0 Å². The molecule has 2 aliphatic heterocycles. The Hall–Kier alpha value is -6.32. The Bertz CT molecular complexity index is 2790. The zero-order valence-electron chi connectivity index (χ0n) is 48.1. The van der Waals surface area contributed by atoms with Gasteiger partial charge in [-0.05, 0) is 142 Å². The van der Waals surface area contributed by atoms with E-state index in [1.54, 1.807) is 6.92 Å². The molecular formula is C64H84N4O12. The monoisotopic (exact) mass is 1100 g/mol. The second-order valence-corrected chi connectivity index (χ2v) is 26.3. The van der Waals surface area contributed by atoms with Crippen LogP contribution in [0.1, 0.15) is 207 Å². The van der Waals surface area contributed by atoms with Crippen molar-refractivity contribution in [1.82, 2.24) is 20.1 Å². The molecule has 2 aromatic carbocycles. The molecule has 6 aliphatic rings. The number of ether oxygens (including phenoxy) is 3. The van der Waals surface area contributed by atoms with Gasteiger partial charge in [0.2, 0.25) is 11.8 Å². The Balaban J connectivity index is 0.000000194. The Morgan fingerprint density at radius 3 is 1.38 bits per heavy atom. The van der Waals surface area contributed by atoms with E-state index < -0.39 is 42.1 Å². The quantitative estimate of drug-likeness (QED) is 0.0541. The Kier molecular flexibility index (Phi) is 18.4. The molecule has 4 amide bonds. The Morgan fingerprint density at radius 1 is 0.613 bits per heavy atom. The molecule has 16 heteroatoms. The van der Waals surface area contributed by atoms with Crippen LogP contribution < -0.4 is 0 Å². The van der Waals surface area contributed by atoms with Crippen molar-refractivity contribution in [3.63, 3.8) is 0 Å². The SMILES string of the molecule is CC(C)(C)CC1CC(c2onc(C[C@H](CCC(=O)O)C(=O)N3C(=O)OC[C@@H]3Cc3ccccc3)c2C2CC2)C1.CCOC(=O)CC[C@@H](Cc1noc(C2CC(CC(C)(C)C)C2)c1C1CC1)C(=O)N1C(=O)OC[C@@H]1Cc1ccccc1. The number of hydrogen-bond acceptors (Lipinski definition) is 13. The summed E-state index contributed by atoms with van der Waals surface area (Å²) in [6.45, 7) is 16.0. The molecule has 4 saturated carbocycles. The van der Waals surface area contributed by atoms with Crippen LogP contribution in [0.2, 0.25) is 0 Å². The number of carbonyl (C=O) groups excluding carboxylic acids is 5. The third kappa shape index (κ3) is 15.0. The first-order valence-corrected chi connectivity index (χ1v) is 29.6. The van der Waals surface area contributed by atoms with E-state index in [2.05, 4.69) is 51.9 Å². The van der Waals surface area contributed by atoms with Gasteiger partial charge in [0, 0.05) is 60.5 Å². The second kappa shape index (κ2) is 25.2. The molecular weight excluding hydrogens is 1020 g/mol. The first-order chi connectivity index (χ1) is 38.2. The molecule has 2 saturated heterocycles. The van der Waals surface area contributed by atoms with Crippen LogP contribution in [0.5, 0.6) is 0 Å². The van der Waals surface area contributed by atoms with E-state index in [0.29, 0.717) is 65.6 Å². The number of aromatic nitrogens is 2. The number of carbonyl (C=O) groups is 6. The fourth-order valence-electron chi connectivity index (χ4n) is 13.0. The highest BCUT2D eigenvalue weighted by atomic mass is 16.6. The molecule has 4 atom stereocenters. The predicted octanol–water partition coefficient (Wildman–Crippen LogP) is 12.7. The van der Waals surface area contributed by atoms with Crippen molar-refractivity contribution in [1.29, 1.82) is 0 Å². The molecule has 80 heavy (non-hydrogen) atoms. The maximum Gasteiger partial charge on any atom is 0.416 e. The number of imide groups is 2. The lowest BCUT2D eigenvalue weighted by Crippen LogP contribution is -2.44. The third-order valence-electron chi connectivity index (χ3n) is 17.0. The standard InChI is InChI=1S/C33H44N2O6.C31H40N2O6/c1-5-39-28(36)14-13-24(31(37)35-26(20-40-32(35)38)17-21-9-7-6-8-10-21)18-27-29(23-11-12-23)30(41-34-27)25-15-22(16-25)19-33(2,3)4;1-31(2,3)17-20-13-23(14-20)28-27(21-9-10-21)25(32-39-28)16-22(11-12-26(34)35)29(36)33-24(18-38-30(33)37)15-19-7-5-4-6-8-19/h6-10,22-26H,5,11-20H2,1-4H3;4-8,20-24H,9-18H2,1-3H3,(H,34,35)/t22?,24-,25?,26-;20?,22-,23?,24-/m00/s1. The van der Waals surface area contributed by atoms with Gasteiger partial charge in [0.15, 0.2) is 0 Å². The summed E-state index contributed by atoms with van der Waals surface area (Å²) in [7, 11) is 0. The van der Waals surface area contributed by atoms with Crippen molar-refractivity contribution in [2.75, 3.05) is 19.8 Å². The molecule has 1 N–H and O–H groups in total. The van der Waals surface area contributed by atoms with Gasteiger partial charge in [-0.25, -0.2) is 19.4 Å². The molecule has 4 aromatic rings. The van der Waals surface area contributed by atoms with Gasteiger partial charge in [0.1, 0.15) is 24.7 Å². The van der Waals surface area contributed by atoms with Crippen LogP contribution in [0.15, 0.2) is 69.7 Å². The van der Waals surface area contributed by atoms with Gasteiger partial charge in [-0.15, -0.1) is 0 Å². The lowest BCUT2D eigenvalue weighted by molar-refractivity contribution is -0.144. The van der Waals surface area contributed by atoms with Crippen molar-refractivity contribution < 1.29 is 57.1 Å². The highest BCUT2D eigenvalue weighted by Gasteiger charge is 2.47. The van der Waals surface area contributed by atoms with Crippen molar-refractivity contribution in [2.24, 2.45) is 34.5 Å². The average Bonchev–Trinajstić information content (AvgIpc) is 4.26. The topological polar surface area (TPSA) is 209 Å². The summed E-state index contributed by atoms with van der Waals surface area (Å²) in [5, 5.41) is 18.4. The molecule has 432 valence electrons. The van der Waals surface area contributed by atoms with E-state index >= 15 is 0 Å². The Labute approximate surface area is 471 Å². The number of hydrogen-bond donors (Lipinski definition) is 1. The van der Waals surface area contributed by atoms with E-state index in [-0.39, 0.29) is 69.7 Å². The lowest BCUT2D eigenvalue weighted by Gasteiger charge is -2.38. The maximum absolute atomic E-state index is 14.0. The molecule has 0 radical (unpaired) electrons. The number of cyclic esters (lactones) is 2. The van der Waals surface area contributed by atoms with Gasteiger partial charge in [-0.3, -0.25) is 19.2 Å². The van der Waals surface area contributed by atoms with E-state index in [4.69, 9.17) is 23.3 Å². The number of amides is 4. The second-order valence-electron chi connectivity index (χ2n) is 26.3. The van der Waals surface area contributed by atoms with Crippen molar-refractivity contribution >= 4 is 35.9 Å². The summed E-state index contributed by atoms with van der Waals surface area (Å²) in [5.41, 5.74) is 6.49. The van der Waals surface area contributed by atoms with Gasteiger partial charge in [0.05, 0.1) is 30.1 Å². The first kappa shape index (κ1) is 58.3. The summed E-state index contributed by atoms with van der Waals surface area (Å²) in [5.74, 6) is 1.52. The average molecular weight is 1100 g/mol. The minimum atomic E-state index is -0.972. The van der Waals surface area contributed by atoms with Crippen LogP contribution in [-0.4, -0.2) is 93.1 Å². The van der Waals surface area contributed by atoms with Crippen LogP contribution in [-0.2, 0) is 59.1 Å². The maximum atomic E-state index is 14.0. The summed E-state index contributed by atoms with van der Waals surface area (Å²) in [6, 6.07) is 18.6. The molecule has 4 aliphatic carbocycles. The van der Waals surface area contributed by atoms with Crippen LogP contribution in [0, 0.1) is 34.5 Å². The zero-order chi connectivity index (χ0) is 56.9. The molecule has 0 spiro atoms. The summed E-state index contributed by atoms with van der Waals surface area (Å²) >= 11 is 0. The van der Waals surface area contributed by atoms with Gasteiger partial charge in [-0.2, -0.15) is 0 Å². The minimum Gasteiger partial charge on any atom is -0.481 e. The highest BCUT2D eigenvalue weighted by Crippen LogP contribution is 2.54. The smallest absolute Gasteiger partial charge is 0.416 e. The molecule has 6 fully saturated rings.